The van der Waals surface area contributed by atoms with Crippen molar-refractivity contribution in [3.8, 4) is 0 Å². The van der Waals surface area contributed by atoms with Crippen molar-refractivity contribution in [2.24, 2.45) is 0 Å². The van der Waals surface area contributed by atoms with Gasteiger partial charge < -0.3 is 0 Å². The molecule has 0 aliphatic rings. The van der Waals surface area contributed by atoms with Crippen molar-refractivity contribution in [2.75, 3.05) is 0 Å². The number of hydrogen-bond acceptors (Lipinski definition) is 3. The van der Waals surface area contributed by atoms with Crippen molar-refractivity contribution < 1.29 is 14.0 Å². The SMILES string of the molecule is O=C(NNC(=O)c1sc2ccccc2c1Cl)c1ccc(F)cc1. The molecule has 0 bridgehead atoms. The second-order valence-corrected chi connectivity index (χ2v) is 6.09. The maximum atomic E-state index is 12.8. The fraction of sp³-hybridized carbons (Fsp3) is 0. The first-order valence-electron chi connectivity index (χ1n) is 6.59. The fourth-order valence-corrected chi connectivity index (χ4v) is 3.42. The van der Waals surface area contributed by atoms with Gasteiger partial charge in [0.15, 0.2) is 0 Å². The highest BCUT2D eigenvalue weighted by Gasteiger charge is 2.17. The molecule has 0 radical (unpaired) electrons. The maximum Gasteiger partial charge on any atom is 0.281 e. The Morgan fingerprint density at radius 1 is 0.957 bits per heavy atom. The minimum Gasteiger partial charge on any atom is -0.267 e. The van der Waals surface area contributed by atoms with Gasteiger partial charge in [0.2, 0.25) is 0 Å². The zero-order chi connectivity index (χ0) is 16.4. The van der Waals surface area contributed by atoms with E-state index in [1.165, 1.54) is 35.6 Å². The average molecular weight is 349 g/mol. The number of nitrogens with one attached hydrogen (secondary N) is 2. The molecule has 7 heteroatoms. The highest BCUT2D eigenvalue weighted by Crippen LogP contribution is 2.34. The second-order valence-electron chi connectivity index (χ2n) is 4.66. The van der Waals surface area contributed by atoms with E-state index in [9.17, 15) is 14.0 Å². The van der Waals surface area contributed by atoms with Crippen LogP contribution in [0, 0.1) is 5.82 Å². The summed E-state index contributed by atoms with van der Waals surface area (Å²) in [5.74, 6) is -1.50. The molecule has 0 atom stereocenters. The molecular formula is C16H10ClFN2O2S. The van der Waals surface area contributed by atoms with Gasteiger partial charge in [-0.1, -0.05) is 29.8 Å². The van der Waals surface area contributed by atoms with E-state index in [4.69, 9.17) is 11.6 Å². The lowest BCUT2D eigenvalue weighted by Crippen LogP contribution is -2.41. The van der Waals surface area contributed by atoms with Gasteiger partial charge in [0, 0.05) is 15.6 Å². The van der Waals surface area contributed by atoms with E-state index in [2.05, 4.69) is 10.9 Å². The standard InChI is InChI=1S/C16H10ClFN2O2S/c17-13-11-3-1-2-4-12(11)23-14(13)16(22)20-19-15(21)9-5-7-10(18)8-6-9/h1-8H,(H,19,21)(H,20,22). The lowest BCUT2D eigenvalue weighted by molar-refractivity contribution is 0.0849. The molecule has 0 saturated heterocycles. The molecule has 23 heavy (non-hydrogen) atoms. The smallest absolute Gasteiger partial charge is 0.267 e. The number of hydrogen-bond donors (Lipinski definition) is 2. The van der Waals surface area contributed by atoms with Crippen LogP contribution >= 0.6 is 22.9 Å². The van der Waals surface area contributed by atoms with E-state index in [1.807, 2.05) is 24.3 Å². The van der Waals surface area contributed by atoms with Crippen LogP contribution in [0.5, 0.6) is 0 Å². The topological polar surface area (TPSA) is 58.2 Å². The Morgan fingerprint density at radius 3 is 2.30 bits per heavy atom. The molecule has 0 aliphatic carbocycles. The summed E-state index contributed by atoms with van der Waals surface area (Å²) in [5.41, 5.74) is 4.81. The molecule has 116 valence electrons. The third-order valence-electron chi connectivity index (χ3n) is 3.14. The largest absolute Gasteiger partial charge is 0.281 e. The van der Waals surface area contributed by atoms with Gasteiger partial charge in [-0.25, -0.2) is 4.39 Å². The lowest BCUT2D eigenvalue weighted by atomic mass is 10.2. The summed E-state index contributed by atoms with van der Waals surface area (Å²) >= 11 is 7.43. The first-order chi connectivity index (χ1) is 11.1. The fourth-order valence-electron chi connectivity index (χ4n) is 2.00. The van der Waals surface area contributed by atoms with Crippen LogP contribution in [0.25, 0.3) is 10.1 Å². The third kappa shape index (κ3) is 3.18. The van der Waals surface area contributed by atoms with Gasteiger partial charge in [0.25, 0.3) is 11.8 Å². The molecule has 2 amide bonds. The Kier molecular flexibility index (Phi) is 4.27. The number of carbonyl (C=O) groups excluding carboxylic acids is 2. The molecule has 2 N–H and O–H groups in total. The van der Waals surface area contributed by atoms with Crippen LogP contribution in [-0.2, 0) is 0 Å². The molecule has 0 aliphatic heterocycles. The van der Waals surface area contributed by atoms with Gasteiger partial charge >= 0.3 is 0 Å². The van der Waals surface area contributed by atoms with Gasteiger partial charge in [-0.3, -0.25) is 20.4 Å². The van der Waals surface area contributed by atoms with Gasteiger partial charge in [0.1, 0.15) is 10.7 Å². The van der Waals surface area contributed by atoms with Crippen molar-refractivity contribution in [1.29, 1.82) is 0 Å². The number of fused-ring (bicyclic) bond motifs is 1. The first kappa shape index (κ1) is 15.5. The Labute approximate surface area is 139 Å². The highest BCUT2D eigenvalue weighted by atomic mass is 35.5. The first-order valence-corrected chi connectivity index (χ1v) is 7.79. The van der Waals surface area contributed by atoms with Crippen molar-refractivity contribution in [1.82, 2.24) is 10.9 Å². The normalized spacial score (nSPS) is 10.5. The quantitative estimate of drug-likeness (QED) is 0.693. The Hall–Kier alpha value is -2.44. The summed E-state index contributed by atoms with van der Waals surface area (Å²) in [7, 11) is 0. The van der Waals surface area contributed by atoms with Gasteiger partial charge in [-0.2, -0.15) is 0 Å². The number of hydrazine groups is 1. The predicted octanol–water partition coefficient (Wildman–Crippen LogP) is 3.77. The van der Waals surface area contributed by atoms with E-state index in [0.29, 0.717) is 9.90 Å². The van der Waals surface area contributed by atoms with Crippen LogP contribution in [0.4, 0.5) is 4.39 Å². The van der Waals surface area contributed by atoms with E-state index >= 15 is 0 Å². The zero-order valence-corrected chi connectivity index (χ0v) is 13.2. The molecule has 2 aromatic carbocycles. The van der Waals surface area contributed by atoms with Gasteiger partial charge in [0.05, 0.1) is 5.02 Å². The maximum absolute atomic E-state index is 12.8. The van der Waals surface area contributed by atoms with Crippen LogP contribution in [-0.4, -0.2) is 11.8 Å². The zero-order valence-electron chi connectivity index (χ0n) is 11.6. The van der Waals surface area contributed by atoms with Crippen LogP contribution in [0.3, 0.4) is 0 Å². The molecule has 3 aromatic rings. The summed E-state index contributed by atoms with van der Waals surface area (Å²) in [4.78, 5) is 24.3. The average Bonchev–Trinajstić information content (AvgIpc) is 2.90. The summed E-state index contributed by atoms with van der Waals surface area (Å²) in [6.45, 7) is 0. The van der Waals surface area contributed by atoms with Crippen LogP contribution in [0.1, 0.15) is 20.0 Å². The summed E-state index contributed by atoms with van der Waals surface area (Å²) < 4.78 is 13.7. The monoisotopic (exact) mass is 348 g/mol. The molecular weight excluding hydrogens is 339 g/mol. The number of amides is 2. The second kappa shape index (κ2) is 6.36. The number of rotatable bonds is 2. The number of carbonyl (C=O) groups is 2. The number of benzene rings is 2. The summed E-state index contributed by atoms with van der Waals surface area (Å²) in [6.07, 6.45) is 0. The van der Waals surface area contributed by atoms with Crippen LogP contribution in [0.2, 0.25) is 5.02 Å². The molecule has 0 fully saturated rings. The molecule has 0 unspecified atom stereocenters. The Morgan fingerprint density at radius 2 is 1.61 bits per heavy atom. The van der Waals surface area contributed by atoms with Gasteiger partial charge in [-0.15, -0.1) is 11.3 Å². The van der Waals surface area contributed by atoms with Crippen molar-refractivity contribution in [3.05, 3.63) is 69.8 Å². The molecule has 1 heterocycles. The minimum absolute atomic E-state index is 0.231. The minimum atomic E-state index is -0.546. The van der Waals surface area contributed by atoms with Crippen LogP contribution in [0.15, 0.2) is 48.5 Å². The predicted molar refractivity (Wildman–Crippen MR) is 88.2 cm³/mol. The van der Waals surface area contributed by atoms with E-state index < -0.39 is 17.6 Å². The van der Waals surface area contributed by atoms with Crippen molar-refractivity contribution in [2.45, 2.75) is 0 Å². The van der Waals surface area contributed by atoms with Crippen molar-refractivity contribution >= 4 is 44.8 Å². The third-order valence-corrected chi connectivity index (χ3v) is 4.81. The Bertz CT molecular complexity index is 893. The Balaban J connectivity index is 1.72. The lowest BCUT2D eigenvalue weighted by Gasteiger charge is -2.06. The molecule has 1 aromatic heterocycles. The summed E-state index contributed by atoms with van der Waals surface area (Å²) in [5, 5.41) is 1.13. The van der Waals surface area contributed by atoms with Crippen molar-refractivity contribution in [3.63, 3.8) is 0 Å². The van der Waals surface area contributed by atoms with Gasteiger partial charge in [-0.05, 0) is 30.3 Å². The molecule has 4 nitrogen and oxygen atoms in total. The van der Waals surface area contributed by atoms with E-state index in [0.717, 1.165) is 10.1 Å². The molecule has 3 rings (SSSR count). The highest BCUT2D eigenvalue weighted by molar-refractivity contribution is 7.21. The molecule has 0 saturated carbocycles. The summed E-state index contributed by atoms with van der Waals surface area (Å²) in [6, 6.07) is 12.3. The number of thiophene rings is 1. The van der Waals surface area contributed by atoms with Crippen LogP contribution < -0.4 is 10.9 Å². The number of halogens is 2. The molecule has 0 spiro atoms. The van der Waals surface area contributed by atoms with E-state index in [1.54, 1.807) is 0 Å². The van der Waals surface area contributed by atoms with E-state index in [-0.39, 0.29) is 5.56 Å².